The number of ether oxygens (including phenoxy) is 4. The van der Waals surface area contributed by atoms with Crippen LogP contribution in [-0.2, 0) is 4.74 Å². The van der Waals surface area contributed by atoms with Crippen LogP contribution < -0.4 is 14.2 Å². The number of non-ortho nitro benzene ring substituents is 1. The topological polar surface area (TPSA) is 140 Å². The molecule has 1 heterocycles. The van der Waals surface area contributed by atoms with Gasteiger partial charge in [-0.3, -0.25) is 20.2 Å². The Morgan fingerprint density at radius 1 is 1.00 bits per heavy atom. The Kier molecular flexibility index (Phi) is 5.56. The van der Waals surface area contributed by atoms with Crippen LogP contribution in [0.4, 0.5) is 16.2 Å². The van der Waals surface area contributed by atoms with E-state index in [1.54, 1.807) is 0 Å². The summed E-state index contributed by atoms with van der Waals surface area (Å²) in [5.74, 6) is -0.103. The number of carbonyl (C=O) groups excluding carboxylic acids is 1. The van der Waals surface area contributed by atoms with Gasteiger partial charge in [0.2, 0.25) is 0 Å². The van der Waals surface area contributed by atoms with E-state index >= 15 is 0 Å². The van der Waals surface area contributed by atoms with Gasteiger partial charge >= 0.3 is 6.16 Å². The molecule has 1 aliphatic heterocycles. The molecule has 0 amide bonds. The van der Waals surface area contributed by atoms with Crippen LogP contribution >= 0.6 is 0 Å². The number of nitro benzene ring substituents is 2. The van der Waals surface area contributed by atoms with Gasteiger partial charge in [-0.05, 0) is 38.0 Å². The fraction of sp³-hybridized carbons (Fsp3) is 0.381. The Hall–Kier alpha value is -3.89. The number of rotatable bonds is 5. The average molecular weight is 444 g/mol. The van der Waals surface area contributed by atoms with Gasteiger partial charge < -0.3 is 18.9 Å². The zero-order valence-corrected chi connectivity index (χ0v) is 17.1. The summed E-state index contributed by atoms with van der Waals surface area (Å²) in [6.45, 7) is 1.47. The molecule has 11 nitrogen and oxygen atoms in total. The maximum atomic E-state index is 12.2. The van der Waals surface area contributed by atoms with Crippen LogP contribution in [0.2, 0.25) is 0 Å². The van der Waals surface area contributed by atoms with E-state index < -0.39 is 27.9 Å². The average Bonchev–Trinajstić information content (AvgIpc) is 3.09. The fourth-order valence-corrected chi connectivity index (χ4v) is 3.89. The highest BCUT2D eigenvalue weighted by Crippen LogP contribution is 2.49. The lowest BCUT2D eigenvalue weighted by atomic mass is 9.94. The van der Waals surface area contributed by atoms with Gasteiger partial charge in [-0.2, -0.15) is 0 Å². The van der Waals surface area contributed by atoms with E-state index in [4.69, 9.17) is 18.9 Å². The van der Waals surface area contributed by atoms with Gasteiger partial charge in [0.15, 0.2) is 11.5 Å². The van der Waals surface area contributed by atoms with E-state index in [9.17, 15) is 25.0 Å². The van der Waals surface area contributed by atoms with Crippen LogP contribution in [-0.4, -0.2) is 21.8 Å². The SMILES string of the molecule is CC(OC(=O)Oc1ccc([N+](=O)[O-])cc1)c1cc2c(cc1[N+](=O)[O-])OC1(CCCCC1)O2. The predicted octanol–water partition coefficient (Wildman–Crippen LogP) is 5.21. The molecular formula is C21H20N2O9. The summed E-state index contributed by atoms with van der Waals surface area (Å²) in [4.78, 5) is 33.4. The van der Waals surface area contributed by atoms with Gasteiger partial charge in [0.05, 0.1) is 21.5 Å². The number of carbonyl (C=O) groups is 1. The van der Waals surface area contributed by atoms with E-state index in [2.05, 4.69) is 0 Å². The maximum absolute atomic E-state index is 12.2. The Morgan fingerprint density at radius 2 is 1.62 bits per heavy atom. The van der Waals surface area contributed by atoms with Crippen molar-refractivity contribution in [3.63, 3.8) is 0 Å². The van der Waals surface area contributed by atoms with Crippen molar-refractivity contribution in [2.45, 2.75) is 50.9 Å². The Morgan fingerprint density at radius 3 is 2.22 bits per heavy atom. The van der Waals surface area contributed by atoms with Crippen LogP contribution in [0.3, 0.4) is 0 Å². The lowest BCUT2D eigenvalue weighted by molar-refractivity contribution is -0.386. The molecule has 1 spiro atoms. The maximum Gasteiger partial charge on any atom is 0.514 e. The summed E-state index contributed by atoms with van der Waals surface area (Å²) in [5, 5.41) is 22.3. The molecule has 1 aliphatic carbocycles. The first-order valence-corrected chi connectivity index (χ1v) is 10.1. The van der Waals surface area contributed by atoms with Crippen LogP contribution in [0, 0.1) is 20.2 Å². The predicted molar refractivity (Wildman–Crippen MR) is 109 cm³/mol. The van der Waals surface area contributed by atoms with Gasteiger partial charge in [-0.25, -0.2) is 4.79 Å². The van der Waals surface area contributed by atoms with E-state index in [0.717, 1.165) is 19.3 Å². The third kappa shape index (κ3) is 4.27. The Balaban J connectivity index is 1.50. The van der Waals surface area contributed by atoms with E-state index in [-0.39, 0.29) is 22.7 Å². The molecule has 0 bridgehead atoms. The molecule has 168 valence electrons. The second-order valence-electron chi connectivity index (χ2n) is 7.65. The molecule has 2 aromatic carbocycles. The minimum absolute atomic E-state index is 0.0345. The molecule has 0 saturated heterocycles. The molecule has 0 aromatic heterocycles. The minimum atomic E-state index is -1.11. The van der Waals surface area contributed by atoms with Gasteiger partial charge in [-0.15, -0.1) is 0 Å². The van der Waals surface area contributed by atoms with Crippen LogP contribution in [0.1, 0.15) is 50.7 Å². The molecule has 2 aromatic rings. The number of benzene rings is 2. The van der Waals surface area contributed by atoms with Gasteiger partial charge in [-0.1, -0.05) is 6.42 Å². The third-order valence-corrected chi connectivity index (χ3v) is 5.46. The Bertz CT molecular complexity index is 1060. The van der Waals surface area contributed by atoms with E-state index in [1.807, 2.05) is 0 Å². The van der Waals surface area contributed by atoms with E-state index in [0.29, 0.717) is 24.3 Å². The molecule has 2 aliphatic rings. The molecular weight excluding hydrogens is 424 g/mol. The van der Waals surface area contributed by atoms with Crippen LogP contribution in [0.15, 0.2) is 36.4 Å². The third-order valence-electron chi connectivity index (χ3n) is 5.46. The van der Waals surface area contributed by atoms with Crippen LogP contribution in [0.25, 0.3) is 0 Å². The number of hydrogen-bond acceptors (Lipinski definition) is 9. The molecule has 1 saturated carbocycles. The van der Waals surface area contributed by atoms with Crippen molar-refractivity contribution in [1.29, 1.82) is 0 Å². The number of nitro groups is 2. The molecule has 4 rings (SSSR count). The lowest BCUT2D eigenvalue weighted by Gasteiger charge is -2.31. The molecule has 1 fully saturated rings. The minimum Gasteiger partial charge on any atom is -0.448 e. The summed E-state index contributed by atoms with van der Waals surface area (Å²) >= 11 is 0. The molecule has 0 N–H and O–H groups in total. The summed E-state index contributed by atoms with van der Waals surface area (Å²) in [5.41, 5.74) is -0.299. The van der Waals surface area contributed by atoms with Crippen molar-refractivity contribution in [3.05, 3.63) is 62.2 Å². The van der Waals surface area contributed by atoms with Crippen LogP contribution in [0.5, 0.6) is 17.2 Å². The number of fused-ring (bicyclic) bond motifs is 1. The molecule has 1 atom stereocenters. The van der Waals surface area contributed by atoms with Crippen molar-refractivity contribution >= 4 is 17.5 Å². The highest BCUT2D eigenvalue weighted by atomic mass is 16.7. The highest BCUT2D eigenvalue weighted by Gasteiger charge is 2.44. The summed E-state index contributed by atoms with van der Waals surface area (Å²) < 4.78 is 22.2. The molecule has 11 heteroatoms. The zero-order chi connectivity index (χ0) is 22.9. The summed E-state index contributed by atoms with van der Waals surface area (Å²) in [6, 6.07) is 7.59. The first-order chi connectivity index (χ1) is 15.3. The number of hydrogen-bond donors (Lipinski definition) is 0. The quantitative estimate of drug-likeness (QED) is 0.263. The first kappa shape index (κ1) is 21.3. The van der Waals surface area contributed by atoms with Crippen molar-refractivity contribution in [2.75, 3.05) is 0 Å². The standard InChI is InChI=1S/C21H20N2O9/c1-13(29-20(24)30-15-7-5-14(6-8-15)22(25)26)16-11-18-19(12-17(16)23(27)28)32-21(31-18)9-3-2-4-10-21/h5-8,11-13H,2-4,9-10H2,1H3. The fourth-order valence-electron chi connectivity index (χ4n) is 3.89. The molecule has 32 heavy (non-hydrogen) atoms. The summed E-state index contributed by atoms with van der Waals surface area (Å²) in [6.07, 6.45) is 2.21. The van der Waals surface area contributed by atoms with Crippen molar-refractivity contribution in [2.24, 2.45) is 0 Å². The summed E-state index contributed by atoms with van der Waals surface area (Å²) in [7, 11) is 0. The van der Waals surface area contributed by atoms with Gasteiger partial charge in [0, 0.05) is 25.0 Å². The Labute approximate surface area is 182 Å². The molecule has 1 unspecified atom stereocenters. The second kappa shape index (κ2) is 8.33. The lowest BCUT2D eigenvalue weighted by Crippen LogP contribution is -2.40. The normalized spacial score (nSPS) is 16.9. The molecule has 0 radical (unpaired) electrons. The number of nitrogens with zero attached hydrogens (tertiary/aromatic N) is 2. The van der Waals surface area contributed by atoms with Gasteiger partial charge in [0.25, 0.3) is 17.2 Å². The largest absolute Gasteiger partial charge is 0.514 e. The van der Waals surface area contributed by atoms with Crippen molar-refractivity contribution in [1.82, 2.24) is 0 Å². The first-order valence-electron chi connectivity index (χ1n) is 10.1. The smallest absolute Gasteiger partial charge is 0.448 e. The van der Waals surface area contributed by atoms with E-state index in [1.165, 1.54) is 43.3 Å². The monoisotopic (exact) mass is 444 g/mol. The highest BCUT2D eigenvalue weighted by molar-refractivity contribution is 5.65. The van der Waals surface area contributed by atoms with Gasteiger partial charge in [0.1, 0.15) is 11.9 Å². The zero-order valence-electron chi connectivity index (χ0n) is 17.1. The van der Waals surface area contributed by atoms with Crippen molar-refractivity contribution in [3.8, 4) is 17.2 Å². The van der Waals surface area contributed by atoms with Crippen molar-refractivity contribution < 1.29 is 33.6 Å². The second-order valence-corrected chi connectivity index (χ2v) is 7.65.